The van der Waals surface area contributed by atoms with Crippen LogP contribution in [-0.2, 0) is 6.42 Å². The van der Waals surface area contributed by atoms with Gasteiger partial charge in [0, 0.05) is 20.9 Å². The van der Waals surface area contributed by atoms with Gasteiger partial charge in [0.15, 0.2) is 11.6 Å². The molecule has 144 valence electrons. The highest BCUT2D eigenvalue weighted by atomic mass is 32.1. The molecule has 2 aromatic carbocycles. The molecule has 3 aromatic rings. The highest BCUT2D eigenvalue weighted by Crippen LogP contribution is 2.39. The van der Waals surface area contributed by atoms with Crippen molar-refractivity contribution in [2.45, 2.75) is 50.9 Å². The molecule has 0 atom stereocenters. The summed E-state index contributed by atoms with van der Waals surface area (Å²) in [5, 5.41) is 0. The van der Waals surface area contributed by atoms with Gasteiger partial charge in [-0.05, 0) is 73.3 Å². The fourth-order valence-electron chi connectivity index (χ4n) is 4.40. The van der Waals surface area contributed by atoms with E-state index in [1.165, 1.54) is 49.0 Å². The second-order valence-corrected chi connectivity index (χ2v) is 9.47. The molecule has 2 fully saturated rings. The van der Waals surface area contributed by atoms with E-state index in [2.05, 4.69) is 18.2 Å². The number of hydrogen-bond acceptors (Lipinski definition) is 1. The quantitative estimate of drug-likeness (QED) is 0.411. The first-order valence-electron chi connectivity index (χ1n) is 10.4. The highest BCUT2D eigenvalue weighted by molar-refractivity contribution is 7.15. The lowest BCUT2D eigenvalue weighted by Crippen LogP contribution is -1.95. The maximum atomic E-state index is 14.9. The normalized spacial score (nSPS) is 17.4. The van der Waals surface area contributed by atoms with E-state index in [4.69, 9.17) is 0 Å². The van der Waals surface area contributed by atoms with Gasteiger partial charge in [0.25, 0.3) is 0 Å². The number of rotatable bonds is 5. The molecular formula is C25H24F2S. The van der Waals surface area contributed by atoms with E-state index in [0.29, 0.717) is 17.0 Å². The minimum atomic E-state index is -0.747. The summed E-state index contributed by atoms with van der Waals surface area (Å²) in [4.78, 5) is 2.08. The van der Waals surface area contributed by atoms with E-state index in [-0.39, 0.29) is 0 Å². The fourth-order valence-corrected chi connectivity index (χ4v) is 5.54. The Balaban J connectivity index is 1.41. The van der Waals surface area contributed by atoms with Gasteiger partial charge in [0.1, 0.15) is 0 Å². The van der Waals surface area contributed by atoms with Crippen LogP contribution in [0.25, 0.3) is 21.6 Å². The molecule has 2 aliphatic rings. The van der Waals surface area contributed by atoms with Gasteiger partial charge in [-0.15, -0.1) is 11.3 Å². The summed E-state index contributed by atoms with van der Waals surface area (Å²) >= 11 is 1.59. The van der Waals surface area contributed by atoms with Crippen LogP contribution in [0.4, 0.5) is 8.78 Å². The van der Waals surface area contributed by atoms with Gasteiger partial charge in [-0.25, -0.2) is 8.78 Å². The van der Waals surface area contributed by atoms with Gasteiger partial charge in [-0.1, -0.05) is 43.2 Å². The summed E-state index contributed by atoms with van der Waals surface area (Å²) in [5.74, 6) is -0.0650. The Morgan fingerprint density at radius 1 is 0.750 bits per heavy atom. The number of thiophene rings is 1. The zero-order valence-electron chi connectivity index (χ0n) is 15.9. The third kappa shape index (κ3) is 3.53. The topological polar surface area (TPSA) is 0 Å². The van der Waals surface area contributed by atoms with E-state index < -0.39 is 11.6 Å². The van der Waals surface area contributed by atoms with Crippen molar-refractivity contribution in [2.24, 2.45) is 5.92 Å². The fraction of sp³-hybridized carbons (Fsp3) is 0.360. The second-order valence-electron chi connectivity index (χ2n) is 8.31. The monoisotopic (exact) mass is 394 g/mol. The Morgan fingerprint density at radius 3 is 2.14 bits per heavy atom. The minimum Gasteiger partial charge on any atom is -0.203 e. The van der Waals surface area contributed by atoms with Crippen molar-refractivity contribution in [3.8, 4) is 21.6 Å². The van der Waals surface area contributed by atoms with Crippen LogP contribution >= 0.6 is 11.3 Å². The molecule has 0 N–H and O–H groups in total. The Bertz CT molecular complexity index is 976. The maximum Gasteiger partial charge on any atom is 0.168 e. The largest absolute Gasteiger partial charge is 0.203 e. The van der Waals surface area contributed by atoms with Gasteiger partial charge in [-0.3, -0.25) is 0 Å². The molecule has 3 heteroatoms. The van der Waals surface area contributed by atoms with E-state index in [9.17, 15) is 8.78 Å². The smallest absolute Gasteiger partial charge is 0.168 e. The van der Waals surface area contributed by atoms with Crippen molar-refractivity contribution in [3.63, 3.8) is 0 Å². The van der Waals surface area contributed by atoms with Gasteiger partial charge >= 0.3 is 0 Å². The van der Waals surface area contributed by atoms with Gasteiger partial charge in [0.2, 0.25) is 0 Å². The molecular weight excluding hydrogens is 370 g/mol. The van der Waals surface area contributed by atoms with Crippen LogP contribution < -0.4 is 0 Å². The molecule has 1 heterocycles. The Labute approximate surface area is 169 Å². The molecule has 1 aromatic heterocycles. The van der Waals surface area contributed by atoms with Crippen molar-refractivity contribution < 1.29 is 8.78 Å². The van der Waals surface area contributed by atoms with E-state index in [0.717, 1.165) is 22.8 Å². The predicted molar refractivity (Wildman–Crippen MR) is 113 cm³/mol. The van der Waals surface area contributed by atoms with Crippen molar-refractivity contribution in [1.29, 1.82) is 0 Å². The number of benzene rings is 2. The summed E-state index contributed by atoms with van der Waals surface area (Å²) in [6.45, 7) is 0. The average molecular weight is 395 g/mol. The van der Waals surface area contributed by atoms with Crippen LogP contribution in [0.1, 0.15) is 54.9 Å². The number of hydrogen-bond donors (Lipinski definition) is 0. The minimum absolute atomic E-state index is 0.342. The summed E-state index contributed by atoms with van der Waals surface area (Å²) in [6.07, 6.45) is 8.72. The molecule has 0 amide bonds. The third-order valence-corrected chi connectivity index (χ3v) is 7.39. The van der Waals surface area contributed by atoms with Crippen molar-refractivity contribution in [3.05, 3.63) is 70.6 Å². The summed E-state index contributed by atoms with van der Waals surface area (Å²) in [7, 11) is 0. The summed E-state index contributed by atoms with van der Waals surface area (Å²) in [6, 6.07) is 15.5. The average Bonchev–Trinajstić information content (AvgIpc) is 3.17. The van der Waals surface area contributed by atoms with Crippen molar-refractivity contribution in [2.75, 3.05) is 0 Å². The third-order valence-electron chi connectivity index (χ3n) is 6.24. The number of halogens is 2. The highest BCUT2D eigenvalue weighted by Gasteiger charge is 2.23. The maximum absolute atomic E-state index is 14.9. The molecule has 0 spiro atoms. The van der Waals surface area contributed by atoms with Crippen LogP contribution in [-0.4, -0.2) is 0 Å². The SMILES string of the molecule is Fc1c(-c2ccc(C3CCCC3)cc2)ccc(-c2ccc(CC3CC3)s2)c1F. The lowest BCUT2D eigenvalue weighted by molar-refractivity contribution is 0.514. The van der Waals surface area contributed by atoms with Crippen LogP contribution in [0.2, 0.25) is 0 Å². The molecule has 2 saturated carbocycles. The molecule has 5 rings (SSSR count). The van der Waals surface area contributed by atoms with Gasteiger partial charge < -0.3 is 0 Å². The molecule has 0 nitrogen and oxygen atoms in total. The lowest BCUT2D eigenvalue weighted by Gasteiger charge is -2.12. The Morgan fingerprint density at radius 2 is 1.43 bits per heavy atom. The van der Waals surface area contributed by atoms with Gasteiger partial charge in [0.05, 0.1) is 0 Å². The molecule has 0 bridgehead atoms. The zero-order valence-corrected chi connectivity index (χ0v) is 16.7. The summed E-state index contributed by atoms with van der Waals surface area (Å²) < 4.78 is 29.8. The predicted octanol–water partition coefficient (Wildman–Crippen LogP) is 7.97. The van der Waals surface area contributed by atoms with E-state index in [1.54, 1.807) is 23.5 Å². The second kappa shape index (κ2) is 7.44. The lowest BCUT2D eigenvalue weighted by atomic mass is 9.94. The van der Waals surface area contributed by atoms with Crippen molar-refractivity contribution in [1.82, 2.24) is 0 Å². The van der Waals surface area contributed by atoms with Crippen LogP contribution in [0.5, 0.6) is 0 Å². The van der Waals surface area contributed by atoms with Crippen molar-refractivity contribution >= 4 is 11.3 Å². The first-order valence-corrected chi connectivity index (χ1v) is 11.2. The molecule has 0 radical (unpaired) electrons. The first-order chi connectivity index (χ1) is 13.7. The van der Waals surface area contributed by atoms with E-state index in [1.807, 2.05) is 18.2 Å². The molecule has 0 aliphatic heterocycles. The van der Waals surface area contributed by atoms with Crippen LogP contribution in [0.3, 0.4) is 0 Å². The Kier molecular flexibility index (Phi) is 4.80. The first kappa shape index (κ1) is 18.1. The Hall–Kier alpha value is -2.00. The molecule has 0 unspecified atom stereocenters. The zero-order chi connectivity index (χ0) is 19.1. The molecule has 28 heavy (non-hydrogen) atoms. The molecule has 2 aliphatic carbocycles. The summed E-state index contributed by atoms with van der Waals surface area (Å²) in [5.41, 5.74) is 2.77. The van der Waals surface area contributed by atoms with Crippen LogP contribution in [0, 0.1) is 17.6 Å². The van der Waals surface area contributed by atoms with Gasteiger partial charge in [-0.2, -0.15) is 0 Å². The van der Waals surface area contributed by atoms with Crippen LogP contribution in [0.15, 0.2) is 48.5 Å². The molecule has 0 saturated heterocycles. The van der Waals surface area contributed by atoms with E-state index >= 15 is 0 Å². The standard InChI is InChI=1S/C25H24F2S/c26-24-21(19-9-7-18(8-10-19)17-3-1-2-4-17)12-13-22(25(24)27)23-14-11-20(28-23)15-16-5-6-16/h7-14,16-17H,1-6,15H2.